The van der Waals surface area contributed by atoms with Gasteiger partial charge in [0.2, 0.25) is 5.89 Å². The van der Waals surface area contributed by atoms with Crippen molar-refractivity contribution in [3.8, 4) is 5.75 Å². The Morgan fingerprint density at radius 2 is 2.29 bits per heavy atom. The number of ether oxygens (including phenoxy) is 4. The average molecular weight is 385 g/mol. The molecular formula is C20H23N3O5. The molecule has 0 bridgehead atoms. The second-order valence-electron chi connectivity index (χ2n) is 6.48. The highest BCUT2D eigenvalue weighted by Gasteiger charge is 2.17. The predicted molar refractivity (Wildman–Crippen MR) is 101 cm³/mol. The number of fused-ring (bicyclic) bond motifs is 1. The van der Waals surface area contributed by atoms with Crippen molar-refractivity contribution in [1.29, 1.82) is 0 Å². The zero-order valence-electron chi connectivity index (χ0n) is 15.5. The molecule has 1 atom stereocenters. The van der Waals surface area contributed by atoms with Crippen LogP contribution in [0.4, 0.5) is 0 Å². The number of aliphatic imine (C=N–C) groups is 1. The molecule has 1 unspecified atom stereocenters. The molecule has 1 fully saturated rings. The van der Waals surface area contributed by atoms with Crippen molar-refractivity contribution < 1.29 is 23.4 Å². The van der Waals surface area contributed by atoms with Crippen molar-refractivity contribution in [2.45, 2.75) is 19.1 Å². The summed E-state index contributed by atoms with van der Waals surface area (Å²) < 4.78 is 27.5. The van der Waals surface area contributed by atoms with Gasteiger partial charge in [-0.2, -0.15) is 0 Å². The molecule has 28 heavy (non-hydrogen) atoms. The van der Waals surface area contributed by atoms with Gasteiger partial charge < -0.3 is 29.1 Å². The number of benzene rings is 1. The number of aromatic nitrogens is 1. The van der Waals surface area contributed by atoms with E-state index in [1.165, 1.54) is 6.26 Å². The molecule has 0 saturated carbocycles. The minimum Gasteiger partial charge on any atom is -0.484 e. The maximum atomic E-state index is 6.03. The summed E-state index contributed by atoms with van der Waals surface area (Å²) in [6.45, 7) is 3.07. The molecule has 0 amide bonds. The van der Waals surface area contributed by atoms with Crippen LogP contribution in [0.1, 0.15) is 17.0 Å². The smallest absolute Gasteiger partial charge is 0.232 e. The van der Waals surface area contributed by atoms with E-state index in [2.05, 4.69) is 9.98 Å². The lowest BCUT2D eigenvalue weighted by Crippen LogP contribution is -2.32. The largest absolute Gasteiger partial charge is 0.484 e. The fourth-order valence-corrected chi connectivity index (χ4v) is 3.09. The minimum absolute atomic E-state index is 0.0929. The van der Waals surface area contributed by atoms with E-state index in [1.54, 1.807) is 12.3 Å². The summed E-state index contributed by atoms with van der Waals surface area (Å²) >= 11 is 0. The first-order valence-electron chi connectivity index (χ1n) is 9.26. The van der Waals surface area contributed by atoms with Gasteiger partial charge in [0, 0.05) is 18.2 Å². The van der Waals surface area contributed by atoms with E-state index >= 15 is 0 Å². The third-order valence-corrected chi connectivity index (χ3v) is 4.46. The molecule has 148 valence electrons. The molecule has 2 aromatic rings. The van der Waals surface area contributed by atoms with Gasteiger partial charge in [-0.1, -0.05) is 0 Å². The van der Waals surface area contributed by atoms with E-state index in [0.717, 1.165) is 29.0 Å². The van der Waals surface area contributed by atoms with Gasteiger partial charge in [0.25, 0.3) is 0 Å². The van der Waals surface area contributed by atoms with Crippen molar-refractivity contribution in [3.05, 3.63) is 59.6 Å². The fourth-order valence-electron chi connectivity index (χ4n) is 3.09. The Bertz CT molecular complexity index is 842. The normalized spacial score (nSPS) is 19.6. The van der Waals surface area contributed by atoms with Gasteiger partial charge in [0.1, 0.15) is 24.7 Å². The van der Waals surface area contributed by atoms with E-state index in [4.69, 9.17) is 29.1 Å². The van der Waals surface area contributed by atoms with Gasteiger partial charge in [0.15, 0.2) is 12.5 Å². The van der Waals surface area contributed by atoms with Gasteiger partial charge in [-0.05, 0) is 30.2 Å². The number of rotatable bonds is 7. The first-order valence-corrected chi connectivity index (χ1v) is 9.26. The summed E-state index contributed by atoms with van der Waals surface area (Å²) in [6.07, 6.45) is 5.64. The van der Waals surface area contributed by atoms with Crippen LogP contribution in [-0.2, 0) is 27.2 Å². The molecule has 0 radical (unpaired) electrons. The van der Waals surface area contributed by atoms with Crippen molar-refractivity contribution in [1.82, 2.24) is 4.98 Å². The number of nitrogens with zero attached hydrogens (tertiary/aromatic N) is 2. The Labute approximate surface area is 163 Å². The van der Waals surface area contributed by atoms with Crippen LogP contribution in [0.15, 0.2) is 52.0 Å². The molecule has 4 rings (SSSR count). The van der Waals surface area contributed by atoms with Crippen LogP contribution in [-0.4, -0.2) is 49.8 Å². The van der Waals surface area contributed by atoms with Crippen LogP contribution in [0.2, 0.25) is 0 Å². The monoisotopic (exact) mass is 385 g/mol. The second-order valence-corrected chi connectivity index (χ2v) is 6.48. The molecule has 8 nitrogen and oxygen atoms in total. The van der Waals surface area contributed by atoms with Gasteiger partial charge in [-0.3, -0.25) is 4.99 Å². The maximum absolute atomic E-state index is 6.03. The predicted octanol–water partition coefficient (Wildman–Crippen LogP) is 1.83. The SMILES string of the molecule is NC(=CC1=NCCc2cc(OCc3ncco3)ccc21)OCC1COCCO1. The van der Waals surface area contributed by atoms with Crippen LogP contribution in [0.3, 0.4) is 0 Å². The molecule has 0 aliphatic carbocycles. The molecule has 3 heterocycles. The summed E-state index contributed by atoms with van der Waals surface area (Å²) in [4.78, 5) is 8.63. The lowest BCUT2D eigenvalue weighted by molar-refractivity contribution is -0.108. The van der Waals surface area contributed by atoms with Crippen molar-refractivity contribution in [2.75, 3.05) is 33.0 Å². The molecule has 8 heteroatoms. The molecule has 0 spiro atoms. The fraction of sp³-hybridized carbons (Fsp3) is 0.400. The highest BCUT2D eigenvalue weighted by molar-refractivity contribution is 6.10. The van der Waals surface area contributed by atoms with E-state index in [0.29, 0.717) is 51.4 Å². The summed E-state index contributed by atoms with van der Waals surface area (Å²) in [5, 5.41) is 0. The standard InChI is InChI=1S/C20H23N3O5/c21-19(28-12-16-11-24-7-8-25-16)10-18-17-2-1-15(9-14(17)3-4-22-18)27-13-20-23-5-6-26-20/h1-2,5-6,9-10,16H,3-4,7-8,11-13,21H2. The molecule has 2 aliphatic heterocycles. The van der Waals surface area contributed by atoms with Crippen LogP contribution in [0, 0.1) is 0 Å². The van der Waals surface area contributed by atoms with Crippen LogP contribution in [0.25, 0.3) is 0 Å². The number of nitrogens with two attached hydrogens (primary N) is 1. The summed E-state index contributed by atoms with van der Waals surface area (Å²) in [6, 6.07) is 5.91. The zero-order valence-corrected chi connectivity index (χ0v) is 15.5. The van der Waals surface area contributed by atoms with E-state index in [9.17, 15) is 0 Å². The highest BCUT2D eigenvalue weighted by Crippen LogP contribution is 2.23. The van der Waals surface area contributed by atoms with Gasteiger partial charge in [0.05, 0.1) is 31.7 Å². The number of hydrogen-bond donors (Lipinski definition) is 1. The third-order valence-electron chi connectivity index (χ3n) is 4.46. The van der Waals surface area contributed by atoms with Crippen LogP contribution >= 0.6 is 0 Å². The van der Waals surface area contributed by atoms with E-state index in [1.807, 2.05) is 18.2 Å². The highest BCUT2D eigenvalue weighted by atomic mass is 16.6. The summed E-state index contributed by atoms with van der Waals surface area (Å²) in [7, 11) is 0. The van der Waals surface area contributed by atoms with Crippen LogP contribution < -0.4 is 10.5 Å². The summed E-state index contributed by atoms with van der Waals surface area (Å²) in [5.41, 5.74) is 9.02. The average Bonchev–Trinajstić information content (AvgIpc) is 3.25. The quantitative estimate of drug-likeness (QED) is 0.726. The van der Waals surface area contributed by atoms with E-state index < -0.39 is 0 Å². The van der Waals surface area contributed by atoms with Crippen LogP contribution in [0.5, 0.6) is 5.75 Å². The van der Waals surface area contributed by atoms with Gasteiger partial charge in [-0.25, -0.2) is 4.98 Å². The first-order chi connectivity index (χ1) is 13.8. The maximum Gasteiger partial charge on any atom is 0.232 e. The molecule has 1 saturated heterocycles. The Morgan fingerprint density at radius 1 is 1.32 bits per heavy atom. The molecule has 1 aromatic carbocycles. The Balaban J connectivity index is 1.38. The zero-order chi connectivity index (χ0) is 19.2. The number of oxazole rings is 1. The third kappa shape index (κ3) is 4.71. The number of hydrogen-bond acceptors (Lipinski definition) is 8. The van der Waals surface area contributed by atoms with Crippen molar-refractivity contribution >= 4 is 5.71 Å². The van der Waals surface area contributed by atoms with Crippen molar-refractivity contribution in [2.24, 2.45) is 10.7 Å². The second kappa shape index (κ2) is 8.90. The van der Waals surface area contributed by atoms with Gasteiger partial charge in [-0.15, -0.1) is 0 Å². The Kier molecular flexibility index (Phi) is 5.89. The molecular weight excluding hydrogens is 362 g/mol. The van der Waals surface area contributed by atoms with Gasteiger partial charge >= 0.3 is 0 Å². The lowest BCUT2D eigenvalue weighted by atomic mass is 9.97. The Morgan fingerprint density at radius 3 is 3.11 bits per heavy atom. The topological polar surface area (TPSA) is 101 Å². The lowest BCUT2D eigenvalue weighted by Gasteiger charge is -2.23. The minimum atomic E-state index is -0.0929. The summed E-state index contributed by atoms with van der Waals surface area (Å²) in [5.74, 6) is 1.62. The first kappa shape index (κ1) is 18.5. The van der Waals surface area contributed by atoms with Crippen molar-refractivity contribution in [3.63, 3.8) is 0 Å². The number of allylic oxidation sites excluding steroid dienone is 1. The molecule has 2 N–H and O–H groups in total. The molecule has 1 aromatic heterocycles. The Hall–Kier alpha value is -2.84. The molecule has 2 aliphatic rings. The van der Waals surface area contributed by atoms with E-state index in [-0.39, 0.29) is 6.10 Å².